The third-order valence-electron chi connectivity index (χ3n) is 10.7. The predicted octanol–water partition coefficient (Wildman–Crippen LogP) is 8.09. The maximum Gasteiger partial charge on any atom is 0.408 e. The van der Waals surface area contributed by atoms with Gasteiger partial charge in [0.1, 0.15) is 24.3 Å². The normalized spacial score (nSPS) is 16.4. The first-order valence-electron chi connectivity index (χ1n) is 21.7. The monoisotopic (exact) mass is 836 g/mol. The van der Waals surface area contributed by atoms with Crippen molar-refractivity contribution in [1.82, 2.24) is 20.9 Å². The van der Waals surface area contributed by atoms with E-state index < -0.39 is 53.8 Å². The van der Waals surface area contributed by atoms with Gasteiger partial charge in [-0.05, 0) is 107 Å². The van der Waals surface area contributed by atoms with Gasteiger partial charge in [-0.1, -0.05) is 105 Å². The molecule has 0 unspecified atom stereocenters. The van der Waals surface area contributed by atoms with Gasteiger partial charge in [0.15, 0.2) is 0 Å². The largest absolute Gasteiger partial charge is 0.461 e. The van der Waals surface area contributed by atoms with Crippen LogP contribution in [0.4, 0.5) is 9.59 Å². The Hall–Kier alpha value is -5.65. The van der Waals surface area contributed by atoms with Gasteiger partial charge in [-0.15, -0.1) is 0 Å². The molecule has 3 aromatic rings. The molecule has 12 nitrogen and oxygen atoms in total. The number of carbonyl (C=O) groups excluding carboxylic acids is 5. The van der Waals surface area contributed by atoms with Gasteiger partial charge in [-0.3, -0.25) is 9.59 Å². The Kier molecular flexibility index (Phi) is 16.5. The highest BCUT2D eigenvalue weighted by atomic mass is 16.6. The highest BCUT2D eigenvalue weighted by Crippen LogP contribution is 2.44. The number of fused-ring (bicyclic) bond motifs is 3. The predicted molar refractivity (Wildman–Crippen MR) is 236 cm³/mol. The fourth-order valence-corrected chi connectivity index (χ4v) is 8.02. The molecule has 5 rings (SSSR count). The van der Waals surface area contributed by atoms with Crippen LogP contribution in [0.2, 0.25) is 0 Å². The summed E-state index contributed by atoms with van der Waals surface area (Å²) < 4.78 is 16.7. The number of carbonyl (C=O) groups is 5. The van der Waals surface area contributed by atoms with Crippen LogP contribution < -0.4 is 16.0 Å². The second-order valence-electron chi connectivity index (χ2n) is 17.7. The van der Waals surface area contributed by atoms with E-state index in [9.17, 15) is 24.0 Å². The number of ether oxygens (including phenoxy) is 3. The van der Waals surface area contributed by atoms with E-state index in [1.165, 1.54) is 0 Å². The first-order chi connectivity index (χ1) is 29.1. The maximum atomic E-state index is 14.4. The van der Waals surface area contributed by atoms with E-state index in [0.29, 0.717) is 38.6 Å². The van der Waals surface area contributed by atoms with E-state index >= 15 is 0 Å². The summed E-state index contributed by atoms with van der Waals surface area (Å²) in [5, 5.41) is 8.62. The molecule has 2 aliphatic rings. The van der Waals surface area contributed by atoms with Gasteiger partial charge in [0, 0.05) is 19.0 Å². The Bertz CT molecular complexity index is 1950. The molecule has 0 aromatic heterocycles. The summed E-state index contributed by atoms with van der Waals surface area (Å²) in [4.78, 5) is 69.0. The number of hydrogen-bond acceptors (Lipinski definition) is 8. The Labute approximate surface area is 361 Å². The van der Waals surface area contributed by atoms with Gasteiger partial charge in [0.05, 0.1) is 18.1 Å². The minimum absolute atomic E-state index is 0.0711. The molecule has 0 spiro atoms. The van der Waals surface area contributed by atoms with Gasteiger partial charge in [0.2, 0.25) is 11.8 Å². The lowest BCUT2D eigenvalue weighted by Crippen LogP contribution is -2.52. The molecule has 0 bridgehead atoms. The molecule has 0 radical (unpaired) electrons. The van der Waals surface area contributed by atoms with Crippen molar-refractivity contribution in [2.45, 2.75) is 123 Å². The smallest absolute Gasteiger partial charge is 0.408 e. The number of rotatable bonds is 18. The second-order valence-corrected chi connectivity index (χ2v) is 17.7. The molecule has 0 saturated carbocycles. The molecule has 61 heavy (non-hydrogen) atoms. The highest BCUT2D eigenvalue weighted by Gasteiger charge is 2.38. The molecule has 4 amide bonds. The van der Waals surface area contributed by atoms with E-state index in [-0.39, 0.29) is 43.4 Å². The van der Waals surface area contributed by atoms with Crippen molar-refractivity contribution in [1.29, 1.82) is 0 Å². The molecule has 328 valence electrons. The third-order valence-corrected chi connectivity index (χ3v) is 10.7. The summed E-state index contributed by atoms with van der Waals surface area (Å²) in [6, 6.07) is 23.8. The van der Waals surface area contributed by atoms with Crippen LogP contribution in [-0.2, 0) is 35.0 Å². The average Bonchev–Trinajstić information content (AvgIpc) is 3.82. The summed E-state index contributed by atoms with van der Waals surface area (Å²) in [5.74, 6) is -1.69. The zero-order chi connectivity index (χ0) is 44.1. The van der Waals surface area contributed by atoms with E-state index in [4.69, 9.17) is 14.2 Å². The third kappa shape index (κ3) is 13.7. The molecule has 1 fully saturated rings. The van der Waals surface area contributed by atoms with Crippen molar-refractivity contribution >= 4 is 30.0 Å². The molecular formula is C49H64N4O8. The van der Waals surface area contributed by atoms with E-state index in [1.807, 2.05) is 66.7 Å². The van der Waals surface area contributed by atoms with Crippen LogP contribution in [0, 0.1) is 11.8 Å². The first-order valence-corrected chi connectivity index (χ1v) is 21.7. The van der Waals surface area contributed by atoms with Crippen LogP contribution in [-0.4, -0.2) is 84.4 Å². The van der Waals surface area contributed by atoms with Crippen molar-refractivity contribution in [3.63, 3.8) is 0 Å². The van der Waals surface area contributed by atoms with E-state index in [0.717, 1.165) is 27.8 Å². The maximum absolute atomic E-state index is 14.4. The standard InChI is InChI=1S/C49H64N4O8/c1-32(2)29-36(51-48(58)61-49(5,6)7)26-25-35(30-34-17-9-8-10-18-34)45(55)53-28-16-24-43(53)44(54)52-42(46(56)60-33(3)4)23-15-27-50-47(57)59-31-41-39-21-13-11-19-37(39)38-20-12-14-22-40(38)41/h8-14,17-22,25-26,32-33,35-36,41-43H,15-16,23-24,27-31H2,1-7H3,(H,50,57)(H,51,58)(H,52,54)/b26-25+/t35-,36-,42+,43+/m1/s1. The number of benzene rings is 3. The number of nitrogens with zero attached hydrogens (tertiary/aromatic N) is 1. The summed E-state index contributed by atoms with van der Waals surface area (Å²) in [6.07, 6.45) is 4.80. The van der Waals surface area contributed by atoms with Gasteiger partial charge < -0.3 is 35.1 Å². The van der Waals surface area contributed by atoms with E-state index in [2.05, 4.69) is 54.1 Å². The molecule has 1 aliphatic heterocycles. The van der Waals surface area contributed by atoms with Gasteiger partial charge >= 0.3 is 18.2 Å². The van der Waals surface area contributed by atoms with Gasteiger partial charge in [-0.25, -0.2) is 14.4 Å². The second kappa shape index (κ2) is 21.7. The molecule has 3 aromatic carbocycles. The number of likely N-dealkylation sites (tertiary alicyclic amines) is 1. The van der Waals surface area contributed by atoms with Crippen LogP contribution >= 0.6 is 0 Å². The van der Waals surface area contributed by atoms with Crippen LogP contribution in [0.5, 0.6) is 0 Å². The fraction of sp³-hybridized carbons (Fsp3) is 0.490. The quantitative estimate of drug-likeness (QED) is 0.0504. The Balaban J connectivity index is 1.21. The number of esters is 1. The number of alkyl carbamates (subject to hydrolysis) is 2. The van der Waals surface area contributed by atoms with Crippen LogP contribution in [0.25, 0.3) is 11.1 Å². The average molecular weight is 837 g/mol. The molecule has 1 saturated heterocycles. The van der Waals surface area contributed by atoms with Crippen molar-refractivity contribution in [3.8, 4) is 11.1 Å². The molecule has 3 N–H and O–H groups in total. The Morgan fingerprint density at radius 3 is 2.08 bits per heavy atom. The highest BCUT2D eigenvalue weighted by molar-refractivity contribution is 5.92. The number of hydrogen-bond donors (Lipinski definition) is 3. The van der Waals surface area contributed by atoms with Crippen LogP contribution in [0.15, 0.2) is 91.0 Å². The van der Waals surface area contributed by atoms with Crippen molar-refractivity contribution in [2.24, 2.45) is 11.8 Å². The summed E-state index contributed by atoms with van der Waals surface area (Å²) >= 11 is 0. The van der Waals surface area contributed by atoms with Crippen LogP contribution in [0.1, 0.15) is 103 Å². The zero-order valence-corrected chi connectivity index (χ0v) is 36.8. The molecule has 1 heterocycles. The summed E-state index contributed by atoms with van der Waals surface area (Å²) in [6.45, 7) is 13.8. The molecule has 1 aliphatic carbocycles. The molecule has 4 atom stereocenters. The van der Waals surface area contributed by atoms with Crippen molar-refractivity contribution in [3.05, 3.63) is 108 Å². The van der Waals surface area contributed by atoms with E-state index in [1.54, 1.807) is 39.5 Å². The lowest BCUT2D eigenvalue weighted by molar-refractivity contribution is -0.152. The number of amides is 4. The topological polar surface area (TPSA) is 152 Å². The lowest BCUT2D eigenvalue weighted by atomic mass is 9.95. The van der Waals surface area contributed by atoms with Crippen molar-refractivity contribution < 1.29 is 38.2 Å². The Morgan fingerprint density at radius 1 is 0.820 bits per heavy atom. The number of nitrogens with one attached hydrogen (secondary N) is 3. The molecular weight excluding hydrogens is 773 g/mol. The first kappa shape index (κ1) is 46.4. The SMILES string of the molecule is CC(C)C[C@@H](/C=C/[C@H](Cc1ccccc1)C(=O)N1CCC[C@H]1C(=O)N[C@@H](CCCNC(=O)OCC1c2ccccc2-c2ccccc21)C(=O)OC(C)C)NC(=O)OC(C)(C)C. The molecule has 12 heteroatoms. The minimum atomic E-state index is -0.993. The van der Waals surface area contributed by atoms with Gasteiger partial charge in [-0.2, -0.15) is 0 Å². The zero-order valence-electron chi connectivity index (χ0n) is 36.8. The van der Waals surface area contributed by atoms with Crippen molar-refractivity contribution in [2.75, 3.05) is 19.7 Å². The Morgan fingerprint density at radius 2 is 1.46 bits per heavy atom. The summed E-state index contributed by atoms with van der Waals surface area (Å²) in [5.41, 5.74) is 4.80. The minimum Gasteiger partial charge on any atom is -0.461 e. The fourth-order valence-electron chi connectivity index (χ4n) is 8.02. The summed E-state index contributed by atoms with van der Waals surface area (Å²) in [7, 11) is 0. The lowest BCUT2D eigenvalue weighted by Gasteiger charge is -2.29. The van der Waals surface area contributed by atoms with Gasteiger partial charge in [0.25, 0.3) is 0 Å². The van der Waals surface area contributed by atoms with Crippen LogP contribution in [0.3, 0.4) is 0 Å².